The lowest BCUT2D eigenvalue weighted by Crippen LogP contribution is -1.94. The summed E-state index contributed by atoms with van der Waals surface area (Å²) >= 11 is 1.63. The highest BCUT2D eigenvalue weighted by Crippen LogP contribution is 2.23. The van der Waals surface area contributed by atoms with Crippen molar-refractivity contribution in [3.05, 3.63) is 10.0 Å². The summed E-state index contributed by atoms with van der Waals surface area (Å²) in [5.74, 6) is 0.535. The van der Waals surface area contributed by atoms with Gasteiger partial charge in [0.05, 0.1) is 0 Å². The van der Waals surface area contributed by atoms with Crippen molar-refractivity contribution in [2.24, 2.45) is 5.73 Å². The molecule has 12 heavy (non-hydrogen) atoms. The number of aromatic nitrogens is 2. The van der Waals surface area contributed by atoms with Gasteiger partial charge in [-0.05, 0) is 6.42 Å². The van der Waals surface area contributed by atoms with Crippen LogP contribution in [0.4, 0.5) is 0 Å². The molecule has 0 radical (unpaired) electrons. The van der Waals surface area contributed by atoms with Gasteiger partial charge in [-0.3, -0.25) is 0 Å². The molecule has 0 aliphatic rings. The lowest BCUT2D eigenvalue weighted by molar-refractivity contribution is 0.653. The van der Waals surface area contributed by atoms with Gasteiger partial charge in [-0.25, -0.2) is 0 Å². The summed E-state index contributed by atoms with van der Waals surface area (Å²) in [7, 11) is 0. The van der Waals surface area contributed by atoms with Gasteiger partial charge < -0.3 is 5.73 Å². The Balaban J connectivity index is 2.61. The molecule has 1 atom stereocenters. The van der Waals surface area contributed by atoms with Gasteiger partial charge in [-0.15, -0.1) is 10.2 Å². The fraction of sp³-hybridized carbons (Fsp3) is 0.750. The smallest absolute Gasteiger partial charge is 0.131 e. The quantitative estimate of drug-likeness (QED) is 0.779. The van der Waals surface area contributed by atoms with Gasteiger partial charge in [-0.2, -0.15) is 0 Å². The first-order valence-electron chi connectivity index (χ1n) is 4.30. The lowest BCUT2D eigenvalue weighted by Gasteiger charge is -2.02. The normalized spacial score (nSPS) is 13.2. The van der Waals surface area contributed by atoms with Gasteiger partial charge in [0.2, 0.25) is 0 Å². The maximum Gasteiger partial charge on any atom is 0.131 e. The van der Waals surface area contributed by atoms with E-state index in [0.29, 0.717) is 12.5 Å². The van der Waals surface area contributed by atoms with E-state index in [1.165, 1.54) is 12.8 Å². The third-order valence-corrected chi connectivity index (χ3v) is 2.98. The maximum absolute atomic E-state index is 5.45. The van der Waals surface area contributed by atoms with Crippen LogP contribution in [0.2, 0.25) is 0 Å². The third kappa shape index (κ3) is 2.25. The van der Waals surface area contributed by atoms with Gasteiger partial charge in [0.15, 0.2) is 0 Å². The second kappa shape index (κ2) is 4.52. The van der Waals surface area contributed by atoms with Gasteiger partial charge in [0, 0.05) is 12.5 Å². The Labute approximate surface area is 77.0 Å². The van der Waals surface area contributed by atoms with Crippen LogP contribution in [-0.2, 0) is 6.54 Å². The maximum atomic E-state index is 5.45. The predicted octanol–water partition coefficient (Wildman–Crippen LogP) is 1.90. The van der Waals surface area contributed by atoms with E-state index >= 15 is 0 Å². The Morgan fingerprint density at radius 2 is 2.25 bits per heavy atom. The van der Waals surface area contributed by atoms with Crippen molar-refractivity contribution >= 4 is 11.3 Å². The number of hydrogen-bond acceptors (Lipinski definition) is 4. The minimum Gasteiger partial charge on any atom is -0.324 e. The van der Waals surface area contributed by atoms with Crippen LogP contribution in [0.25, 0.3) is 0 Å². The van der Waals surface area contributed by atoms with E-state index in [2.05, 4.69) is 24.0 Å². The zero-order chi connectivity index (χ0) is 8.97. The number of rotatable bonds is 4. The predicted molar refractivity (Wildman–Crippen MR) is 51.1 cm³/mol. The molecule has 0 spiro atoms. The van der Waals surface area contributed by atoms with E-state index in [-0.39, 0.29) is 0 Å². The Bertz CT molecular complexity index is 234. The van der Waals surface area contributed by atoms with Crippen molar-refractivity contribution in [3.8, 4) is 0 Å². The lowest BCUT2D eigenvalue weighted by atomic mass is 10.1. The van der Waals surface area contributed by atoms with Crippen molar-refractivity contribution in [3.63, 3.8) is 0 Å². The molecule has 68 valence electrons. The second-order valence-corrected chi connectivity index (χ2v) is 4.02. The van der Waals surface area contributed by atoms with Crippen LogP contribution in [0.1, 0.15) is 42.6 Å². The minimum atomic E-state index is 0.510. The average Bonchev–Trinajstić information content (AvgIpc) is 2.52. The molecule has 2 N–H and O–H groups in total. The SMILES string of the molecule is CCCC(C)c1nnc(CN)s1. The summed E-state index contributed by atoms with van der Waals surface area (Å²) in [5.41, 5.74) is 5.45. The van der Waals surface area contributed by atoms with E-state index in [1.54, 1.807) is 11.3 Å². The first-order chi connectivity index (χ1) is 5.77. The van der Waals surface area contributed by atoms with Crippen LogP contribution in [0.15, 0.2) is 0 Å². The molecule has 1 rings (SSSR count). The summed E-state index contributed by atoms with van der Waals surface area (Å²) in [6, 6.07) is 0. The number of hydrogen-bond donors (Lipinski definition) is 1. The number of nitrogens with two attached hydrogens (primary N) is 1. The first-order valence-corrected chi connectivity index (χ1v) is 5.12. The molecule has 1 heterocycles. The average molecular weight is 185 g/mol. The Hall–Kier alpha value is -0.480. The van der Waals surface area contributed by atoms with Crippen molar-refractivity contribution in [1.82, 2.24) is 10.2 Å². The van der Waals surface area contributed by atoms with Crippen LogP contribution in [0.5, 0.6) is 0 Å². The summed E-state index contributed by atoms with van der Waals surface area (Å²) in [6.07, 6.45) is 2.37. The molecule has 0 bridgehead atoms. The highest BCUT2D eigenvalue weighted by molar-refractivity contribution is 7.11. The van der Waals surface area contributed by atoms with Gasteiger partial charge >= 0.3 is 0 Å². The van der Waals surface area contributed by atoms with Crippen LogP contribution in [0.3, 0.4) is 0 Å². The van der Waals surface area contributed by atoms with Crippen LogP contribution in [0, 0.1) is 0 Å². The molecule has 0 saturated heterocycles. The van der Waals surface area contributed by atoms with Gasteiger partial charge in [0.1, 0.15) is 10.0 Å². The zero-order valence-electron chi connectivity index (χ0n) is 7.58. The van der Waals surface area contributed by atoms with Gasteiger partial charge in [0.25, 0.3) is 0 Å². The highest BCUT2D eigenvalue weighted by atomic mass is 32.1. The van der Waals surface area contributed by atoms with E-state index in [0.717, 1.165) is 10.0 Å². The standard InChI is InChI=1S/C8H15N3S/c1-3-4-6(2)8-11-10-7(5-9)12-8/h6H,3-5,9H2,1-2H3. The van der Waals surface area contributed by atoms with Crippen molar-refractivity contribution < 1.29 is 0 Å². The zero-order valence-corrected chi connectivity index (χ0v) is 8.40. The summed E-state index contributed by atoms with van der Waals surface area (Å²) in [4.78, 5) is 0. The molecule has 0 aromatic carbocycles. The molecule has 0 saturated carbocycles. The molecule has 0 fully saturated rings. The van der Waals surface area contributed by atoms with Crippen molar-refractivity contribution in [2.75, 3.05) is 0 Å². The largest absolute Gasteiger partial charge is 0.324 e. The monoisotopic (exact) mass is 185 g/mol. The molecule has 0 aliphatic carbocycles. The molecule has 0 amide bonds. The summed E-state index contributed by atoms with van der Waals surface area (Å²) < 4.78 is 0. The van der Waals surface area contributed by atoms with Crippen molar-refractivity contribution in [1.29, 1.82) is 0 Å². The van der Waals surface area contributed by atoms with Crippen LogP contribution >= 0.6 is 11.3 Å². The number of nitrogens with zero attached hydrogens (tertiary/aromatic N) is 2. The Morgan fingerprint density at radius 1 is 1.50 bits per heavy atom. The fourth-order valence-electron chi connectivity index (χ4n) is 1.10. The topological polar surface area (TPSA) is 51.8 Å². The molecular formula is C8H15N3S. The summed E-state index contributed by atoms with van der Waals surface area (Å²) in [5, 5.41) is 10.1. The third-order valence-electron chi connectivity index (χ3n) is 1.80. The second-order valence-electron chi connectivity index (χ2n) is 2.93. The van der Waals surface area contributed by atoms with Crippen LogP contribution in [-0.4, -0.2) is 10.2 Å². The molecule has 4 heteroatoms. The molecule has 0 aliphatic heterocycles. The van der Waals surface area contributed by atoms with Crippen molar-refractivity contribution in [2.45, 2.75) is 39.2 Å². The van der Waals surface area contributed by atoms with Crippen LogP contribution < -0.4 is 5.73 Å². The fourth-order valence-corrected chi connectivity index (χ4v) is 1.91. The van der Waals surface area contributed by atoms with E-state index in [4.69, 9.17) is 5.73 Å². The van der Waals surface area contributed by atoms with E-state index in [9.17, 15) is 0 Å². The van der Waals surface area contributed by atoms with Gasteiger partial charge in [-0.1, -0.05) is 31.6 Å². The summed E-state index contributed by atoms with van der Waals surface area (Å²) in [6.45, 7) is 4.88. The first kappa shape index (κ1) is 9.61. The molecule has 3 nitrogen and oxygen atoms in total. The highest BCUT2D eigenvalue weighted by Gasteiger charge is 2.09. The van der Waals surface area contributed by atoms with E-state index < -0.39 is 0 Å². The minimum absolute atomic E-state index is 0.510. The molecular weight excluding hydrogens is 170 g/mol. The Morgan fingerprint density at radius 3 is 2.75 bits per heavy atom. The van der Waals surface area contributed by atoms with E-state index in [1.807, 2.05) is 0 Å². The molecule has 1 aromatic heterocycles. The molecule has 1 unspecified atom stereocenters. The molecule has 1 aromatic rings. The Kier molecular flexibility index (Phi) is 3.62.